The normalized spacial score (nSPS) is 20.4. The van der Waals surface area contributed by atoms with E-state index in [0.29, 0.717) is 5.57 Å². The van der Waals surface area contributed by atoms with Crippen molar-refractivity contribution in [2.45, 2.75) is 12.8 Å². The highest BCUT2D eigenvalue weighted by atomic mass is 16.6. The molecule has 1 aliphatic carbocycles. The lowest BCUT2D eigenvalue weighted by Gasteiger charge is -2.07. The second-order valence-corrected chi connectivity index (χ2v) is 3.04. The molecule has 0 aromatic carbocycles. The summed E-state index contributed by atoms with van der Waals surface area (Å²) < 4.78 is 4.35. The number of hydrogen-bond donors (Lipinski definition) is 1. The SMILES string of the molecule is O=C(O)C1=CC2=C(CC1)C(=O)OC2=O. The maximum Gasteiger partial charge on any atom is 0.346 e. The molecule has 2 rings (SSSR count). The molecule has 0 aromatic heterocycles. The number of rotatable bonds is 1. The van der Waals surface area contributed by atoms with E-state index < -0.39 is 17.9 Å². The Morgan fingerprint density at radius 1 is 1.29 bits per heavy atom. The lowest BCUT2D eigenvalue weighted by atomic mass is 9.94. The predicted octanol–water partition coefficient (Wildman–Crippen LogP) is 0.171. The fourth-order valence-corrected chi connectivity index (χ4v) is 1.49. The van der Waals surface area contributed by atoms with Crippen LogP contribution in [-0.2, 0) is 19.1 Å². The summed E-state index contributed by atoms with van der Waals surface area (Å²) in [7, 11) is 0. The van der Waals surface area contributed by atoms with E-state index in [1.165, 1.54) is 6.08 Å². The van der Waals surface area contributed by atoms with Crippen molar-refractivity contribution >= 4 is 17.9 Å². The van der Waals surface area contributed by atoms with Crippen molar-refractivity contribution < 1.29 is 24.2 Å². The molecule has 1 N–H and O–H groups in total. The standard InChI is InChI=1S/C9H6O5/c10-7(11)4-1-2-5-6(3-4)9(13)14-8(5)12/h3H,1-2H2,(H,10,11). The van der Waals surface area contributed by atoms with Crippen molar-refractivity contribution in [2.24, 2.45) is 0 Å². The molecule has 0 fully saturated rings. The molecule has 0 aromatic rings. The van der Waals surface area contributed by atoms with Crippen LogP contribution in [0.25, 0.3) is 0 Å². The summed E-state index contributed by atoms with van der Waals surface area (Å²) in [5.41, 5.74) is 0.522. The minimum absolute atomic E-state index is 0.0960. The first-order chi connectivity index (χ1) is 6.59. The zero-order chi connectivity index (χ0) is 10.3. The van der Waals surface area contributed by atoms with Gasteiger partial charge in [0.15, 0.2) is 0 Å². The lowest BCUT2D eigenvalue weighted by molar-refractivity contribution is -0.151. The third kappa shape index (κ3) is 1.14. The van der Waals surface area contributed by atoms with Crippen molar-refractivity contribution in [2.75, 3.05) is 0 Å². The average Bonchev–Trinajstić information content (AvgIpc) is 2.42. The zero-order valence-electron chi connectivity index (χ0n) is 7.07. The van der Waals surface area contributed by atoms with E-state index >= 15 is 0 Å². The second kappa shape index (κ2) is 2.80. The number of carboxylic acids is 1. The van der Waals surface area contributed by atoms with Gasteiger partial charge in [0.25, 0.3) is 0 Å². The molecule has 1 aliphatic heterocycles. The van der Waals surface area contributed by atoms with Gasteiger partial charge in [0.05, 0.1) is 11.1 Å². The van der Waals surface area contributed by atoms with Crippen molar-refractivity contribution in [3.05, 3.63) is 22.8 Å². The van der Waals surface area contributed by atoms with E-state index in [2.05, 4.69) is 4.74 Å². The molecule has 0 saturated heterocycles. The number of esters is 2. The molecule has 5 nitrogen and oxygen atoms in total. The van der Waals surface area contributed by atoms with Gasteiger partial charge in [-0.2, -0.15) is 0 Å². The summed E-state index contributed by atoms with van der Waals surface area (Å²) >= 11 is 0. The van der Waals surface area contributed by atoms with E-state index in [-0.39, 0.29) is 24.0 Å². The minimum atomic E-state index is -1.07. The van der Waals surface area contributed by atoms with Crippen LogP contribution in [0.5, 0.6) is 0 Å². The van der Waals surface area contributed by atoms with Crippen LogP contribution in [0.15, 0.2) is 22.8 Å². The van der Waals surface area contributed by atoms with Gasteiger partial charge in [-0.3, -0.25) is 0 Å². The summed E-state index contributed by atoms with van der Waals surface area (Å²) in [6.07, 6.45) is 1.74. The molecular formula is C9H6O5. The van der Waals surface area contributed by atoms with Gasteiger partial charge in [-0.15, -0.1) is 0 Å². The number of aliphatic carboxylic acids is 1. The predicted molar refractivity (Wildman–Crippen MR) is 43.1 cm³/mol. The van der Waals surface area contributed by atoms with Crippen LogP contribution in [0, 0.1) is 0 Å². The van der Waals surface area contributed by atoms with E-state index in [4.69, 9.17) is 5.11 Å². The number of ether oxygens (including phenoxy) is 1. The van der Waals surface area contributed by atoms with Crippen molar-refractivity contribution in [1.29, 1.82) is 0 Å². The van der Waals surface area contributed by atoms with Crippen molar-refractivity contribution in [3.63, 3.8) is 0 Å². The number of hydrogen-bond acceptors (Lipinski definition) is 4. The molecule has 0 atom stereocenters. The van der Waals surface area contributed by atoms with Gasteiger partial charge in [-0.1, -0.05) is 0 Å². The number of cyclic esters (lactones) is 2. The molecule has 72 valence electrons. The highest BCUT2D eigenvalue weighted by Crippen LogP contribution is 2.30. The van der Waals surface area contributed by atoms with Gasteiger partial charge < -0.3 is 9.84 Å². The van der Waals surface area contributed by atoms with Crippen LogP contribution in [0.4, 0.5) is 0 Å². The molecule has 0 bridgehead atoms. The zero-order valence-corrected chi connectivity index (χ0v) is 7.07. The smallest absolute Gasteiger partial charge is 0.346 e. The molecule has 14 heavy (non-hydrogen) atoms. The third-order valence-corrected chi connectivity index (χ3v) is 2.21. The average molecular weight is 194 g/mol. The first-order valence-electron chi connectivity index (χ1n) is 4.03. The Morgan fingerprint density at radius 2 is 2.00 bits per heavy atom. The molecule has 5 heteroatoms. The maximum atomic E-state index is 11.0. The first kappa shape index (κ1) is 8.68. The van der Waals surface area contributed by atoms with Crippen molar-refractivity contribution in [1.82, 2.24) is 0 Å². The second-order valence-electron chi connectivity index (χ2n) is 3.04. The van der Waals surface area contributed by atoms with E-state index in [0.717, 1.165) is 0 Å². The summed E-state index contributed by atoms with van der Waals surface area (Å²) in [4.78, 5) is 32.7. The van der Waals surface area contributed by atoms with Gasteiger partial charge in [0.1, 0.15) is 0 Å². The van der Waals surface area contributed by atoms with E-state index in [1.54, 1.807) is 0 Å². The molecule has 0 amide bonds. The van der Waals surface area contributed by atoms with Gasteiger partial charge in [0, 0.05) is 5.57 Å². The van der Waals surface area contributed by atoms with Crippen LogP contribution in [-0.4, -0.2) is 23.0 Å². The Bertz CT molecular complexity index is 413. The van der Waals surface area contributed by atoms with Crippen LogP contribution in [0.3, 0.4) is 0 Å². The van der Waals surface area contributed by atoms with Gasteiger partial charge in [0.2, 0.25) is 0 Å². The Morgan fingerprint density at radius 3 is 2.64 bits per heavy atom. The highest BCUT2D eigenvalue weighted by molar-refractivity contribution is 6.15. The Labute approximate surface area is 78.7 Å². The van der Waals surface area contributed by atoms with E-state index in [9.17, 15) is 14.4 Å². The summed E-state index contributed by atoms with van der Waals surface area (Å²) in [5, 5.41) is 8.68. The van der Waals surface area contributed by atoms with Gasteiger partial charge >= 0.3 is 17.9 Å². The lowest BCUT2D eigenvalue weighted by Crippen LogP contribution is -2.08. The Hall–Kier alpha value is -1.91. The fourth-order valence-electron chi connectivity index (χ4n) is 1.49. The largest absolute Gasteiger partial charge is 0.478 e. The molecule has 2 aliphatic rings. The van der Waals surface area contributed by atoms with Gasteiger partial charge in [-0.05, 0) is 18.9 Å². The number of carbonyl (C=O) groups is 3. The summed E-state index contributed by atoms with van der Waals surface area (Å²) in [6, 6.07) is 0. The minimum Gasteiger partial charge on any atom is -0.478 e. The highest BCUT2D eigenvalue weighted by Gasteiger charge is 2.34. The third-order valence-electron chi connectivity index (χ3n) is 2.21. The monoisotopic (exact) mass is 194 g/mol. The van der Waals surface area contributed by atoms with E-state index in [1.807, 2.05) is 0 Å². The Kier molecular flexibility index (Phi) is 1.73. The molecule has 0 radical (unpaired) electrons. The Balaban J connectivity index is 2.44. The van der Waals surface area contributed by atoms with Crippen LogP contribution < -0.4 is 0 Å². The number of carboxylic acid groups (broad SMARTS) is 1. The molecular weight excluding hydrogens is 188 g/mol. The number of carbonyl (C=O) groups excluding carboxylic acids is 2. The fraction of sp³-hybridized carbons (Fsp3) is 0.222. The van der Waals surface area contributed by atoms with Crippen molar-refractivity contribution in [3.8, 4) is 0 Å². The maximum absolute atomic E-state index is 11.0. The van der Waals surface area contributed by atoms with Gasteiger partial charge in [-0.25, -0.2) is 14.4 Å². The molecule has 0 spiro atoms. The van der Waals surface area contributed by atoms with Crippen LogP contribution >= 0.6 is 0 Å². The molecule has 0 unspecified atom stereocenters. The first-order valence-corrected chi connectivity index (χ1v) is 4.03. The van der Waals surface area contributed by atoms with Crippen LogP contribution in [0.2, 0.25) is 0 Å². The quantitative estimate of drug-likeness (QED) is 0.475. The molecule has 1 heterocycles. The molecule has 0 saturated carbocycles. The van der Waals surface area contributed by atoms with Crippen LogP contribution in [0.1, 0.15) is 12.8 Å². The summed E-state index contributed by atoms with van der Waals surface area (Å²) in [5.74, 6) is -2.46. The topological polar surface area (TPSA) is 80.7 Å². The summed E-state index contributed by atoms with van der Waals surface area (Å²) in [6.45, 7) is 0.